The fourth-order valence-electron chi connectivity index (χ4n) is 5.44. The van der Waals surface area contributed by atoms with Gasteiger partial charge >= 0.3 is 226 Å². The molecule has 0 atom stereocenters. The zero-order valence-electron chi connectivity index (χ0n) is 25.8. The molecule has 0 aliphatic rings. The summed E-state index contributed by atoms with van der Waals surface area (Å²) >= 11 is -0.433. The van der Waals surface area contributed by atoms with Crippen LogP contribution in [-0.2, 0) is 0 Å². The van der Waals surface area contributed by atoms with E-state index in [0.29, 0.717) is 5.91 Å². The van der Waals surface area contributed by atoms with Crippen molar-refractivity contribution in [3.63, 3.8) is 0 Å². The van der Waals surface area contributed by atoms with Gasteiger partial charge in [0.1, 0.15) is 0 Å². The summed E-state index contributed by atoms with van der Waals surface area (Å²) in [5, 5.41) is 0. The van der Waals surface area contributed by atoms with E-state index >= 15 is 0 Å². The predicted octanol–water partition coefficient (Wildman–Crippen LogP) is 10.8. The van der Waals surface area contributed by atoms with E-state index in [-0.39, 0.29) is 5.92 Å². The number of carbonyl (C=O) groups excluding carboxylic acids is 1. The molecule has 3 heterocycles. The normalized spacial score (nSPS) is 13.0. The summed E-state index contributed by atoms with van der Waals surface area (Å²) in [5.41, 5.74) is 2.46. The monoisotopic (exact) mass is 773 g/mol. The Bertz CT molecular complexity index is 1080. The van der Waals surface area contributed by atoms with Gasteiger partial charge in [0.25, 0.3) is 0 Å². The third-order valence-corrected chi connectivity index (χ3v) is 29.2. The number of hydrogen-bond acceptors (Lipinski definition) is 3. The molecular formula is C32H55NOS2Sn2. The first kappa shape index (κ1) is 33.0. The first-order valence-electron chi connectivity index (χ1n) is 15.6. The van der Waals surface area contributed by atoms with E-state index in [4.69, 9.17) is 0 Å². The second-order valence-corrected chi connectivity index (χ2v) is 46.6. The number of thiophene rings is 2. The Hall–Kier alpha value is 0.467. The Balaban J connectivity index is 1.93. The second kappa shape index (κ2) is 15.1. The van der Waals surface area contributed by atoms with E-state index in [1.54, 1.807) is 5.79 Å². The number of carbonyl (C=O) groups is 1. The molecule has 3 rings (SSSR count). The molecule has 2 nitrogen and oxygen atoms in total. The maximum atomic E-state index is 14.5. The molecule has 0 radical (unpaired) electrons. The standard InChI is InChI=1S/C26H37NOS2.6CH3.2Sn/c1-3-5-7-9-11-13-15-21(16-14-12-10-8-6-4-2)26(28)27-22-17-19-29-24(22)25-23(27)18-20-30-25;;;;;;;;/h17-18,21H,3-16H2,1-2H3;6*1H3;;. The van der Waals surface area contributed by atoms with Crippen LogP contribution in [-0.4, -0.2) is 47.2 Å². The Morgan fingerprint density at radius 1 is 0.658 bits per heavy atom. The van der Waals surface area contributed by atoms with E-state index in [1.807, 2.05) is 22.7 Å². The van der Waals surface area contributed by atoms with Crippen LogP contribution in [0.25, 0.3) is 20.4 Å². The third-order valence-electron chi connectivity index (χ3n) is 7.97. The fourth-order valence-corrected chi connectivity index (χ4v) is 18.2. The van der Waals surface area contributed by atoms with Crippen molar-refractivity contribution in [2.45, 2.75) is 133 Å². The Morgan fingerprint density at radius 3 is 1.39 bits per heavy atom. The van der Waals surface area contributed by atoms with Crippen molar-refractivity contribution in [1.29, 1.82) is 0 Å². The van der Waals surface area contributed by atoms with E-state index in [1.165, 1.54) is 97.5 Å². The van der Waals surface area contributed by atoms with Crippen LogP contribution in [0.2, 0.25) is 29.6 Å². The number of rotatable bonds is 17. The van der Waals surface area contributed by atoms with Crippen molar-refractivity contribution in [3.05, 3.63) is 12.1 Å². The molecular weight excluding hydrogens is 716 g/mol. The van der Waals surface area contributed by atoms with Crippen molar-refractivity contribution in [2.75, 3.05) is 0 Å². The molecule has 0 unspecified atom stereocenters. The van der Waals surface area contributed by atoms with Gasteiger partial charge in [0.15, 0.2) is 0 Å². The molecule has 38 heavy (non-hydrogen) atoms. The van der Waals surface area contributed by atoms with Crippen LogP contribution >= 0.6 is 22.7 Å². The topological polar surface area (TPSA) is 22.0 Å². The van der Waals surface area contributed by atoms with E-state index in [0.717, 1.165) is 12.8 Å². The molecule has 214 valence electrons. The molecule has 0 fully saturated rings. The zero-order chi connectivity index (χ0) is 27.9. The van der Waals surface area contributed by atoms with E-state index in [9.17, 15) is 4.79 Å². The number of fused-ring (bicyclic) bond motifs is 3. The van der Waals surface area contributed by atoms with Gasteiger partial charge in [-0.25, -0.2) is 0 Å². The first-order valence-corrected chi connectivity index (χ1v) is 37.2. The van der Waals surface area contributed by atoms with Gasteiger partial charge in [-0.05, 0) is 0 Å². The van der Waals surface area contributed by atoms with Crippen LogP contribution in [0.3, 0.4) is 0 Å². The molecule has 0 aliphatic heterocycles. The zero-order valence-corrected chi connectivity index (χ0v) is 33.1. The fraction of sp³-hybridized carbons (Fsp3) is 0.719. The molecule has 0 spiro atoms. The van der Waals surface area contributed by atoms with E-state index in [2.05, 4.69) is 60.2 Å². The van der Waals surface area contributed by atoms with Crippen LogP contribution in [0.15, 0.2) is 12.1 Å². The Kier molecular flexibility index (Phi) is 13.1. The molecule has 0 saturated carbocycles. The summed E-state index contributed by atoms with van der Waals surface area (Å²) in [6.07, 6.45) is 17.7. The molecule has 0 aliphatic carbocycles. The summed E-state index contributed by atoms with van der Waals surface area (Å²) in [7, 11) is 0. The Labute approximate surface area is 250 Å². The third kappa shape index (κ3) is 8.74. The number of aromatic nitrogens is 1. The van der Waals surface area contributed by atoms with Crippen LogP contribution in [0, 0.1) is 5.92 Å². The van der Waals surface area contributed by atoms with Gasteiger partial charge in [0.2, 0.25) is 0 Å². The average molecular weight is 771 g/mol. The Morgan fingerprint density at radius 2 is 1.03 bits per heavy atom. The number of nitrogens with zero attached hydrogens (tertiary/aromatic N) is 1. The summed E-state index contributed by atoms with van der Waals surface area (Å²) < 4.78 is 8.23. The molecule has 0 aromatic carbocycles. The summed E-state index contributed by atoms with van der Waals surface area (Å²) in [6, 6.07) is 4.88. The maximum absolute atomic E-state index is 14.5. The van der Waals surface area contributed by atoms with Gasteiger partial charge in [-0.15, -0.1) is 0 Å². The quantitative estimate of drug-likeness (QED) is 0.0990. The summed E-state index contributed by atoms with van der Waals surface area (Å²) in [4.78, 5) is 29.5. The second-order valence-electron chi connectivity index (χ2n) is 13.6. The summed E-state index contributed by atoms with van der Waals surface area (Å²) in [6.45, 7) is 4.57. The summed E-state index contributed by atoms with van der Waals surface area (Å²) in [5.74, 6) is 0.559. The van der Waals surface area contributed by atoms with Crippen LogP contribution in [0.1, 0.15) is 109 Å². The number of unbranched alkanes of at least 4 members (excludes halogenated alkanes) is 10. The van der Waals surface area contributed by atoms with Crippen LogP contribution in [0.5, 0.6) is 0 Å². The van der Waals surface area contributed by atoms with E-state index < -0.39 is 36.8 Å². The van der Waals surface area contributed by atoms with Crippen molar-refractivity contribution < 1.29 is 4.79 Å². The van der Waals surface area contributed by atoms with Crippen molar-refractivity contribution in [1.82, 2.24) is 4.57 Å². The molecule has 3 aromatic rings. The average Bonchev–Trinajstić information content (AvgIpc) is 3.52. The molecule has 6 heteroatoms. The van der Waals surface area contributed by atoms with Crippen molar-refractivity contribution in [2.24, 2.45) is 5.92 Å². The van der Waals surface area contributed by atoms with Crippen molar-refractivity contribution in [3.8, 4) is 0 Å². The minimum absolute atomic E-state index is 0.161. The molecule has 0 N–H and O–H groups in total. The molecule has 0 saturated heterocycles. The predicted molar refractivity (Wildman–Crippen MR) is 181 cm³/mol. The minimum atomic E-state index is -2.24. The number of hydrogen-bond donors (Lipinski definition) is 0. The molecule has 3 aromatic heterocycles. The van der Waals surface area contributed by atoms with Crippen LogP contribution in [0.4, 0.5) is 0 Å². The van der Waals surface area contributed by atoms with Gasteiger partial charge in [-0.3, -0.25) is 0 Å². The van der Waals surface area contributed by atoms with Crippen LogP contribution < -0.4 is 5.79 Å². The molecule has 0 amide bonds. The van der Waals surface area contributed by atoms with Crippen molar-refractivity contribution >= 4 is 91.6 Å². The molecule has 0 bridgehead atoms. The van der Waals surface area contributed by atoms with Gasteiger partial charge in [0.05, 0.1) is 0 Å². The SMILES string of the molecule is CCCCCCCCC(CCCCCCCC)C(=O)n1c2c[c]([Sn]([CH3])([CH3])[CH3])sc2c2s[c]([Sn]([CH3])([CH3])[CH3])cc21. The van der Waals surface area contributed by atoms with Gasteiger partial charge in [-0.1, -0.05) is 26.7 Å². The van der Waals surface area contributed by atoms with Gasteiger partial charge in [-0.2, -0.15) is 0 Å². The first-order chi connectivity index (χ1) is 18.0. The van der Waals surface area contributed by atoms with Gasteiger partial charge < -0.3 is 0 Å². The van der Waals surface area contributed by atoms with Gasteiger partial charge in [0, 0.05) is 0 Å².